The standard InChI is InChI=1S/C10H10FNO2/c1-7-5-8(10(11)12-6-7)3-4-9(13)14-2/h3-6H,1-2H3. The first kappa shape index (κ1) is 10.4. The first-order valence-electron chi connectivity index (χ1n) is 4.01. The second kappa shape index (κ2) is 4.50. The summed E-state index contributed by atoms with van der Waals surface area (Å²) in [5, 5.41) is 0. The number of carbonyl (C=O) groups is 1. The van der Waals surface area contributed by atoms with Crippen LogP contribution in [0.4, 0.5) is 4.39 Å². The highest BCUT2D eigenvalue weighted by atomic mass is 19.1. The van der Waals surface area contributed by atoms with Gasteiger partial charge >= 0.3 is 5.97 Å². The fourth-order valence-electron chi connectivity index (χ4n) is 0.918. The SMILES string of the molecule is COC(=O)C=Cc1cc(C)cnc1F. The summed E-state index contributed by atoms with van der Waals surface area (Å²) < 4.78 is 17.4. The van der Waals surface area contributed by atoms with Gasteiger partial charge in [0.2, 0.25) is 5.95 Å². The summed E-state index contributed by atoms with van der Waals surface area (Å²) in [4.78, 5) is 14.2. The molecule has 0 spiro atoms. The van der Waals surface area contributed by atoms with Crippen LogP contribution >= 0.6 is 0 Å². The Balaban J connectivity index is 2.90. The van der Waals surface area contributed by atoms with Gasteiger partial charge in [-0.05, 0) is 24.6 Å². The number of ether oxygens (including phenoxy) is 1. The lowest BCUT2D eigenvalue weighted by Crippen LogP contribution is -1.94. The van der Waals surface area contributed by atoms with Crippen LogP contribution < -0.4 is 0 Å². The Labute approximate surface area is 81.2 Å². The molecule has 1 aromatic heterocycles. The molecule has 3 nitrogen and oxygen atoms in total. The van der Waals surface area contributed by atoms with Crippen LogP contribution in [0, 0.1) is 12.9 Å². The van der Waals surface area contributed by atoms with Gasteiger partial charge in [-0.3, -0.25) is 0 Å². The van der Waals surface area contributed by atoms with Gasteiger partial charge in [0, 0.05) is 17.8 Å². The molecule has 74 valence electrons. The number of esters is 1. The van der Waals surface area contributed by atoms with E-state index in [-0.39, 0.29) is 5.56 Å². The van der Waals surface area contributed by atoms with Gasteiger partial charge in [-0.25, -0.2) is 9.78 Å². The number of aryl methyl sites for hydroxylation is 1. The molecule has 0 aliphatic heterocycles. The Morgan fingerprint density at radius 3 is 3.00 bits per heavy atom. The Morgan fingerprint density at radius 2 is 2.36 bits per heavy atom. The molecule has 0 amide bonds. The van der Waals surface area contributed by atoms with Crippen molar-refractivity contribution >= 4 is 12.0 Å². The van der Waals surface area contributed by atoms with E-state index in [0.717, 1.165) is 11.6 Å². The number of nitrogens with zero attached hydrogens (tertiary/aromatic N) is 1. The second-order valence-corrected chi connectivity index (χ2v) is 2.75. The number of methoxy groups -OCH3 is 1. The van der Waals surface area contributed by atoms with E-state index in [4.69, 9.17) is 0 Å². The molecule has 4 heteroatoms. The van der Waals surface area contributed by atoms with E-state index in [2.05, 4.69) is 9.72 Å². The van der Waals surface area contributed by atoms with Crippen molar-refractivity contribution < 1.29 is 13.9 Å². The maximum atomic E-state index is 13.0. The summed E-state index contributed by atoms with van der Waals surface area (Å²) in [5.74, 6) is -1.12. The van der Waals surface area contributed by atoms with Crippen molar-refractivity contribution in [2.24, 2.45) is 0 Å². The van der Waals surface area contributed by atoms with Crippen molar-refractivity contribution in [3.63, 3.8) is 0 Å². The monoisotopic (exact) mass is 195 g/mol. The third kappa shape index (κ3) is 2.65. The Hall–Kier alpha value is -1.71. The molecule has 1 heterocycles. The van der Waals surface area contributed by atoms with E-state index in [9.17, 15) is 9.18 Å². The molecule has 0 fully saturated rings. The van der Waals surface area contributed by atoms with Crippen LogP contribution in [0.2, 0.25) is 0 Å². The minimum Gasteiger partial charge on any atom is -0.466 e. The Bertz CT molecular complexity index is 374. The highest BCUT2D eigenvalue weighted by Gasteiger charge is 2.00. The summed E-state index contributed by atoms with van der Waals surface area (Å²) >= 11 is 0. The molecule has 0 aliphatic carbocycles. The van der Waals surface area contributed by atoms with Crippen molar-refractivity contribution in [2.75, 3.05) is 7.11 Å². The average Bonchev–Trinajstić information content (AvgIpc) is 2.19. The van der Waals surface area contributed by atoms with Gasteiger partial charge in [-0.15, -0.1) is 0 Å². The van der Waals surface area contributed by atoms with Crippen molar-refractivity contribution in [2.45, 2.75) is 6.92 Å². The lowest BCUT2D eigenvalue weighted by molar-refractivity contribution is -0.134. The second-order valence-electron chi connectivity index (χ2n) is 2.75. The van der Waals surface area contributed by atoms with E-state index < -0.39 is 11.9 Å². The normalized spacial score (nSPS) is 10.5. The topological polar surface area (TPSA) is 39.2 Å². The number of pyridine rings is 1. The molecule has 0 atom stereocenters. The summed E-state index contributed by atoms with van der Waals surface area (Å²) in [7, 11) is 1.26. The van der Waals surface area contributed by atoms with E-state index in [1.54, 1.807) is 13.0 Å². The van der Waals surface area contributed by atoms with Gasteiger partial charge in [0.05, 0.1) is 7.11 Å². The first-order valence-corrected chi connectivity index (χ1v) is 4.01. The van der Waals surface area contributed by atoms with Crippen LogP contribution in [0.3, 0.4) is 0 Å². The fourth-order valence-corrected chi connectivity index (χ4v) is 0.918. The fraction of sp³-hybridized carbons (Fsp3) is 0.200. The molecular formula is C10H10FNO2. The molecule has 0 aliphatic rings. The number of halogens is 1. The van der Waals surface area contributed by atoms with Crippen molar-refractivity contribution in [1.29, 1.82) is 0 Å². The zero-order chi connectivity index (χ0) is 10.6. The molecule has 0 bridgehead atoms. The molecule has 0 unspecified atom stereocenters. The zero-order valence-electron chi connectivity index (χ0n) is 7.95. The molecule has 0 saturated carbocycles. The van der Waals surface area contributed by atoms with Gasteiger partial charge < -0.3 is 4.74 Å². The molecule has 0 saturated heterocycles. The van der Waals surface area contributed by atoms with Crippen molar-refractivity contribution in [1.82, 2.24) is 4.98 Å². The third-order valence-electron chi connectivity index (χ3n) is 1.60. The van der Waals surface area contributed by atoms with E-state index in [0.29, 0.717) is 0 Å². The van der Waals surface area contributed by atoms with Crippen LogP contribution in [0.5, 0.6) is 0 Å². The van der Waals surface area contributed by atoms with Crippen LogP contribution in [0.15, 0.2) is 18.3 Å². The van der Waals surface area contributed by atoms with Gasteiger partial charge in [-0.1, -0.05) is 0 Å². The largest absolute Gasteiger partial charge is 0.466 e. The molecule has 14 heavy (non-hydrogen) atoms. The summed E-state index contributed by atoms with van der Waals surface area (Å²) in [5.41, 5.74) is 1.10. The number of aromatic nitrogens is 1. The molecule has 0 radical (unpaired) electrons. The number of carbonyl (C=O) groups excluding carboxylic acids is 1. The summed E-state index contributed by atoms with van der Waals surface area (Å²) in [6.45, 7) is 1.79. The lowest BCUT2D eigenvalue weighted by atomic mass is 10.2. The molecule has 0 aromatic carbocycles. The van der Waals surface area contributed by atoms with Crippen molar-refractivity contribution in [3.8, 4) is 0 Å². The highest BCUT2D eigenvalue weighted by Crippen LogP contribution is 2.08. The third-order valence-corrected chi connectivity index (χ3v) is 1.60. The zero-order valence-corrected chi connectivity index (χ0v) is 7.95. The highest BCUT2D eigenvalue weighted by molar-refractivity contribution is 5.86. The molecular weight excluding hydrogens is 185 g/mol. The van der Waals surface area contributed by atoms with Crippen molar-refractivity contribution in [3.05, 3.63) is 35.4 Å². The Kier molecular flexibility index (Phi) is 3.34. The number of hydrogen-bond donors (Lipinski definition) is 0. The first-order chi connectivity index (χ1) is 6.63. The molecule has 0 N–H and O–H groups in total. The summed E-state index contributed by atoms with van der Waals surface area (Å²) in [6, 6.07) is 1.60. The number of rotatable bonds is 2. The van der Waals surface area contributed by atoms with Crippen LogP contribution in [-0.4, -0.2) is 18.1 Å². The van der Waals surface area contributed by atoms with E-state index in [1.165, 1.54) is 19.4 Å². The predicted octanol–water partition coefficient (Wildman–Crippen LogP) is 1.72. The maximum Gasteiger partial charge on any atom is 0.330 e. The summed E-state index contributed by atoms with van der Waals surface area (Å²) in [6.07, 6.45) is 3.91. The number of hydrogen-bond acceptors (Lipinski definition) is 3. The molecule has 1 rings (SSSR count). The minimum absolute atomic E-state index is 0.274. The van der Waals surface area contributed by atoms with Gasteiger partial charge in [0.25, 0.3) is 0 Å². The lowest BCUT2D eigenvalue weighted by Gasteiger charge is -1.97. The smallest absolute Gasteiger partial charge is 0.330 e. The minimum atomic E-state index is -0.601. The predicted molar refractivity (Wildman–Crippen MR) is 50.0 cm³/mol. The van der Waals surface area contributed by atoms with E-state index in [1.807, 2.05) is 0 Å². The Morgan fingerprint density at radius 1 is 1.64 bits per heavy atom. The maximum absolute atomic E-state index is 13.0. The van der Waals surface area contributed by atoms with Gasteiger partial charge in [-0.2, -0.15) is 4.39 Å². The quantitative estimate of drug-likeness (QED) is 0.409. The van der Waals surface area contributed by atoms with Crippen LogP contribution in [0.25, 0.3) is 6.08 Å². The average molecular weight is 195 g/mol. The van der Waals surface area contributed by atoms with Gasteiger partial charge in [0.15, 0.2) is 0 Å². The van der Waals surface area contributed by atoms with E-state index >= 15 is 0 Å². The van der Waals surface area contributed by atoms with Crippen LogP contribution in [0.1, 0.15) is 11.1 Å². The van der Waals surface area contributed by atoms with Gasteiger partial charge in [0.1, 0.15) is 0 Å². The van der Waals surface area contributed by atoms with Crippen LogP contribution in [-0.2, 0) is 9.53 Å². The molecule has 1 aromatic rings.